The van der Waals surface area contributed by atoms with Crippen molar-refractivity contribution in [1.29, 1.82) is 0 Å². The molecule has 0 bridgehead atoms. The van der Waals surface area contributed by atoms with Crippen LogP contribution in [0.4, 0.5) is 0 Å². The standard InChI is InChI=1S/C18H25NO3/c1-4-14(2)17(20)8-6-5-7-13-19-18(21)15-9-11-16(22-3)12-10-15/h4,9-12H,5-8,13H2,1-3H3,(H,19,21)/b14-4+. The van der Waals surface area contributed by atoms with E-state index >= 15 is 0 Å². The molecule has 4 heteroatoms. The van der Waals surface area contributed by atoms with Gasteiger partial charge in [-0.25, -0.2) is 0 Å². The Balaban J connectivity index is 2.18. The molecule has 0 saturated heterocycles. The number of carbonyl (C=O) groups is 2. The number of hydrogen-bond acceptors (Lipinski definition) is 3. The molecule has 0 aliphatic rings. The number of ether oxygens (including phenoxy) is 1. The van der Waals surface area contributed by atoms with Gasteiger partial charge in [-0.1, -0.05) is 12.5 Å². The number of hydrogen-bond donors (Lipinski definition) is 1. The molecule has 1 aromatic rings. The van der Waals surface area contributed by atoms with E-state index in [2.05, 4.69) is 5.32 Å². The molecule has 0 heterocycles. The summed E-state index contributed by atoms with van der Waals surface area (Å²) in [4.78, 5) is 23.5. The van der Waals surface area contributed by atoms with Gasteiger partial charge in [-0.3, -0.25) is 9.59 Å². The van der Waals surface area contributed by atoms with Crippen molar-refractivity contribution in [2.45, 2.75) is 39.5 Å². The van der Waals surface area contributed by atoms with E-state index in [1.165, 1.54) is 0 Å². The van der Waals surface area contributed by atoms with Crippen LogP contribution in [0.3, 0.4) is 0 Å². The van der Waals surface area contributed by atoms with E-state index in [1.807, 2.05) is 19.9 Å². The fourth-order valence-corrected chi connectivity index (χ4v) is 1.99. The summed E-state index contributed by atoms with van der Waals surface area (Å²) < 4.78 is 5.06. The van der Waals surface area contributed by atoms with Crippen LogP contribution < -0.4 is 10.1 Å². The minimum absolute atomic E-state index is 0.0801. The largest absolute Gasteiger partial charge is 0.497 e. The molecule has 0 aromatic heterocycles. The quantitative estimate of drug-likeness (QED) is 0.561. The predicted octanol–water partition coefficient (Wildman–Crippen LogP) is 3.52. The van der Waals surface area contributed by atoms with E-state index in [0.717, 1.165) is 30.6 Å². The Morgan fingerprint density at radius 1 is 1.14 bits per heavy atom. The van der Waals surface area contributed by atoms with Gasteiger partial charge < -0.3 is 10.1 Å². The maximum Gasteiger partial charge on any atom is 0.251 e. The molecule has 1 amide bonds. The van der Waals surface area contributed by atoms with Gasteiger partial charge in [-0.15, -0.1) is 0 Å². The van der Waals surface area contributed by atoms with Crippen LogP contribution in [0.1, 0.15) is 49.9 Å². The predicted molar refractivity (Wildman–Crippen MR) is 88.2 cm³/mol. The highest BCUT2D eigenvalue weighted by Crippen LogP contribution is 2.11. The normalized spacial score (nSPS) is 11.1. The van der Waals surface area contributed by atoms with Crippen molar-refractivity contribution in [3.63, 3.8) is 0 Å². The highest BCUT2D eigenvalue weighted by molar-refractivity contribution is 5.94. The first-order valence-electron chi connectivity index (χ1n) is 7.67. The molecular weight excluding hydrogens is 278 g/mol. The fourth-order valence-electron chi connectivity index (χ4n) is 1.99. The summed E-state index contributed by atoms with van der Waals surface area (Å²) in [6.07, 6.45) is 5.11. The van der Waals surface area contributed by atoms with Crippen molar-refractivity contribution in [3.05, 3.63) is 41.5 Å². The van der Waals surface area contributed by atoms with Crippen LogP contribution in [0.15, 0.2) is 35.9 Å². The minimum Gasteiger partial charge on any atom is -0.497 e. The number of allylic oxidation sites excluding steroid dienone is 2. The average Bonchev–Trinajstić information content (AvgIpc) is 2.56. The van der Waals surface area contributed by atoms with Gasteiger partial charge in [-0.05, 0) is 56.5 Å². The van der Waals surface area contributed by atoms with E-state index in [1.54, 1.807) is 31.4 Å². The number of unbranched alkanes of at least 4 members (excludes halogenated alkanes) is 2. The molecule has 4 nitrogen and oxygen atoms in total. The number of carbonyl (C=O) groups excluding carboxylic acids is 2. The van der Waals surface area contributed by atoms with Crippen molar-refractivity contribution in [1.82, 2.24) is 5.32 Å². The zero-order chi connectivity index (χ0) is 16.4. The van der Waals surface area contributed by atoms with Gasteiger partial charge in [0, 0.05) is 18.5 Å². The average molecular weight is 303 g/mol. The molecule has 1 rings (SSSR count). The van der Waals surface area contributed by atoms with E-state index in [4.69, 9.17) is 4.74 Å². The molecule has 22 heavy (non-hydrogen) atoms. The molecule has 0 aliphatic carbocycles. The number of nitrogens with one attached hydrogen (secondary N) is 1. The van der Waals surface area contributed by atoms with Crippen LogP contribution >= 0.6 is 0 Å². The Morgan fingerprint density at radius 2 is 1.82 bits per heavy atom. The maximum absolute atomic E-state index is 11.9. The van der Waals surface area contributed by atoms with Crippen LogP contribution in [0.5, 0.6) is 5.75 Å². The number of rotatable bonds is 9. The lowest BCUT2D eigenvalue weighted by atomic mass is 10.1. The van der Waals surface area contributed by atoms with Crippen LogP contribution in [0.25, 0.3) is 0 Å². The molecule has 0 radical (unpaired) electrons. The Kier molecular flexibility index (Phi) is 7.97. The second kappa shape index (κ2) is 9.77. The summed E-state index contributed by atoms with van der Waals surface area (Å²) in [6.45, 7) is 4.35. The molecule has 0 atom stereocenters. The smallest absolute Gasteiger partial charge is 0.251 e. The number of Topliss-reactive ketones (excluding diaryl/α,β-unsaturated/α-hetero) is 1. The lowest BCUT2D eigenvalue weighted by Gasteiger charge is -2.06. The summed E-state index contributed by atoms with van der Waals surface area (Å²) in [5, 5.41) is 2.88. The molecule has 0 aliphatic heterocycles. The topological polar surface area (TPSA) is 55.4 Å². The third-order valence-corrected chi connectivity index (χ3v) is 3.59. The number of benzene rings is 1. The maximum atomic E-state index is 11.9. The summed E-state index contributed by atoms with van der Waals surface area (Å²) in [5.74, 6) is 0.867. The summed E-state index contributed by atoms with van der Waals surface area (Å²) in [5.41, 5.74) is 1.45. The lowest BCUT2D eigenvalue weighted by Crippen LogP contribution is -2.24. The fraction of sp³-hybridized carbons (Fsp3) is 0.444. The number of amides is 1. The summed E-state index contributed by atoms with van der Waals surface area (Å²) >= 11 is 0. The summed E-state index contributed by atoms with van der Waals surface area (Å²) in [7, 11) is 1.59. The van der Waals surface area contributed by atoms with Crippen LogP contribution in [-0.2, 0) is 4.79 Å². The van der Waals surface area contributed by atoms with E-state index in [0.29, 0.717) is 18.5 Å². The zero-order valence-corrected chi connectivity index (χ0v) is 13.6. The van der Waals surface area contributed by atoms with Crippen molar-refractivity contribution >= 4 is 11.7 Å². The second-order valence-corrected chi connectivity index (χ2v) is 5.19. The highest BCUT2D eigenvalue weighted by Gasteiger charge is 2.05. The molecule has 0 saturated carbocycles. The Hall–Kier alpha value is -2.10. The lowest BCUT2D eigenvalue weighted by molar-refractivity contribution is -0.115. The van der Waals surface area contributed by atoms with Crippen LogP contribution in [0.2, 0.25) is 0 Å². The van der Waals surface area contributed by atoms with Crippen LogP contribution in [0, 0.1) is 0 Å². The van der Waals surface area contributed by atoms with Gasteiger partial charge in [0.15, 0.2) is 5.78 Å². The first-order valence-corrected chi connectivity index (χ1v) is 7.67. The molecule has 1 N–H and O–H groups in total. The van der Waals surface area contributed by atoms with E-state index in [-0.39, 0.29) is 11.7 Å². The van der Waals surface area contributed by atoms with Crippen molar-refractivity contribution in [2.75, 3.05) is 13.7 Å². The van der Waals surface area contributed by atoms with Gasteiger partial charge in [0.1, 0.15) is 5.75 Å². The number of ketones is 1. The third kappa shape index (κ3) is 6.12. The molecule has 0 fully saturated rings. The van der Waals surface area contributed by atoms with Crippen LogP contribution in [-0.4, -0.2) is 25.3 Å². The zero-order valence-electron chi connectivity index (χ0n) is 13.6. The first kappa shape index (κ1) is 18.0. The molecular formula is C18H25NO3. The van der Waals surface area contributed by atoms with E-state index in [9.17, 15) is 9.59 Å². The SMILES string of the molecule is C/C=C(\C)C(=O)CCCCCNC(=O)c1ccc(OC)cc1. The third-order valence-electron chi connectivity index (χ3n) is 3.59. The molecule has 120 valence electrons. The van der Waals surface area contributed by atoms with Crippen molar-refractivity contribution in [2.24, 2.45) is 0 Å². The van der Waals surface area contributed by atoms with Gasteiger partial charge in [-0.2, -0.15) is 0 Å². The number of methoxy groups -OCH3 is 1. The second-order valence-electron chi connectivity index (χ2n) is 5.19. The highest BCUT2D eigenvalue weighted by atomic mass is 16.5. The summed E-state index contributed by atoms with van der Waals surface area (Å²) in [6, 6.07) is 7.02. The van der Waals surface area contributed by atoms with Gasteiger partial charge in [0.2, 0.25) is 0 Å². The molecule has 0 spiro atoms. The Labute approximate surface area is 132 Å². The molecule has 1 aromatic carbocycles. The van der Waals surface area contributed by atoms with Gasteiger partial charge in [0.05, 0.1) is 7.11 Å². The molecule has 0 unspecified atom stereocenters. The Bertz CT molecular complexity index is 518. The van der Waals surface area contributed by atoms with Gasteiger partial charge in [0.25, 0.3) is 5.91 Å². The minimum atomic E-state index is -0.0801. The van der Waals surface area contributed by atoms with Gasteiger partial charge >= 0.3 is 0 Å². The van der Waals surface area contributed by atoms with Crippen molar-refractivity contribution in [3.8, 4) is 5.75 Å². The van der Waals surface area contributed by atoms with E-state index < -0.39 is 0 Å². The first-order chi connectivity index (χ1) is 10.6. The van der Waals surface area contributed by atoms with Crippen molar-refractivity contribution < 1.29 is 14.3 Å². The monoisotopic (exact) mass is 303 g/mol. The Morgan fingerprint density at radius 3 is 2.41 bits per heavy atom.